The fourth-order valence-electron chi connectivity index (χ4n) is 9.53. The Balaban J connectivity index is 1.40. The zero-order valence-electron chi connectivity index (χ0n) is 22.3. The number of hydrogen-bond donors (Lipinski definition) is 0. The maximum Gasteiger partial charge on any atom is 0.316 e. The highest BCUT2D eigenvalue weighted by molar-refractivity contribution is 5.87. The quantitative estimate of drug-likeness (QED) is 0.234. The van der Waals surface area contributed by atoms with Crippen molar-refractivity contribution in [2.75, 3.05) is 0 Å². The van der Waals surface area contributed by atoms with Crippen LogP contribution in [0, 0.1) is 52.3 Å². The summed E-state index contributed by atoms with van der Waals surface area (Å²) in [6.07, 6.45) is 16.8. The molecule has 0 spiro atoms. The molecular weight excluding hydrogens is 408 g/mol. The number of hydrogen-bond acceptors (Lipinski definition) is 3. The first-order chi connectivity index (χ1) is 15.5. The van der Waals surface area contributed by atoms with Crippen LogP contribution < -0.4 is 0 Å². The molecule has 0 N–H and O–H groups in total. The van der Waals surface area contributed by atoms with Crippen molar-refractivity contribution in [3.8, 4) is 0 Å². The maximum absolute atomic E-state index is 12.5. The number of rotatable bonds is 6. The van der Waals surface area contributed by atoms with Gasteiger partial charge in [-0.2, -0.15) is 0 Å². The molecule has 9 atom stereocenters. The molecule has 0 heterocycles. The lowest BCUT2D eigenvalue weighted by atomic mass is 9.44. The number of esters is 1. The summed E-state index contributed by atoms with van der Waals surface area (Å²) >= 11 is 0. The van der Waals surface area contributed by atoms with Crippen LogP contribution in [0.1, 0.15) is 119 Å². The summed E-state index contributed by atoms with van der Waals surface area (Å²) < 4.78 is 5.50. The average Bonchev–Trinajstić information content (AvgIpc) is 3.09. The molecule has 0 aliphatic heterocycles. The van der Waals surface area contributed by atoms with E-state index in [1.165, 1.54) is 64.2 Å². The van der Waals surface area contributed by atoms with Crippen molar-refractivity contribution in [3.63, 3.8) is 0 Å². The van der Waals surface area contributed by atoms with E-state index in [9.17, 15) is 9.59 Å². The van der Waals surface area contributed by atoms with Crippen LogP contribution in [0.2, 0.25) is 0 Å². The Hall–Kier alpha value is -0.860. The van der Waals surface area contributed by atoms with E-state index in [0.717, 1.165) is 42.3 Å². The molecule has 4 aliphatic carbocycles. The molecule has 0 amide bonds. The van der Waals surface area contributed by atoms with E-state index in [1.54, 1.807) is 0 Å². The van der Waals surface area contributed by atoms with E-state index in [-0.39, 0.29) is 5.97 Å². The molecule has 0 aromatic heterocycles. The highest BCUT2D eigenvalue weighted by Gasteiger charge is 2.60. The first-order valence-electron chi connectivity index (χ1n) is 14.2. The van der Waals surface area contributed by atoms with Gasteiger partial charge in [-0.3, -0.25) is 4.79 Å². The summed E-state index contributed by atoms with van der Waals surface area (Å²) in [6, 6.07) is 0. The van der Waals surface area contributed by atoms with Gasteiger partial charge in [-0.25, -0.2) is 0 Å². The van der Waals surface area contributed by atoms with Crippen molar-refractivity contribution < 1.29 is 14.3 Å². The molecule has 4 saturated carbocycles. The van der Waals surface area contributed by atoms with Gasteiger partial charge >= 0.3 is 5.97 Å². The van der Waals surface area contributed by atoms with Gasteiger partial charge in [0.2, 0.25) is 0 Å². The number of fused-ring (bicyclic) bond motifs is 5. The van der Waals surface area contributed by atoms with Crippen molar-refractivity contribution in [1.82, 2.24) is 0 Å². The molecule has 188 valence electrons. The number of carbonyl (C=O) groups is 2. The first kappa shape index (κ1) is 25.2. The minimum Gasteiger partial charge on any atom is -0.459 e. The van der Waals surface area contributed by atoms with Crippen molar-refractivity contribution in [2.24, 2.45) is 52.3 Å². The molecule has 4 rings (SSSR count). The van der Waals surface area contributed by atoms with Gasteiger partial charge in [0.25, 0.3) is 0 Å². The highest BCUT2D eigenvalue weighted by atomic mass is 16.6. The van der Waals surface area contributed by atoms with Crippen LogP contribution in [-0.2, 0) is 14.3 Å². The lowest BCUT2D eigenvalue weighted by Crippen LogP contribution is -2.53. The van der Waals surface area contributed by atoms with Gasteiger partial charge in [0.1, 0.15) is 17.8 Å². The largest absolute Gasteiger partial charge is 0.459 e. The fraction of sp³-hybridized carbons (Fsp3) is 0.933. The first-order valence-corrected chi connectivity index (χ1v) is 14.2. The number of aldehydes is 1. The van der Waals surface area contributed by atoms with Crippen LogP contribution in [-0.4, -0.2) is 17.9 Å². The molecule has 8 unspecified atom stereocenters. The predicted molar refractivity (Wildman–Crippen MR) is 134 cm³/mol. The third-order valence-corrected chi connectivity index (χ3v) is 11.2. The summed E-state index contributed by atoms with van der Waals surface area (Å²) in [5.74, 6) is 4.08. The molecular formula is C30H50O3. The van der Waals surface area contributed by atoms with Crippen LogP contribution >= 0.6 is 0 Å². The molecule has 3 nitrogen and oxygen atoms in total. The third kappa shape index (κ3) is 4.68. The average molecular weight is 459 g/mol. The van der Waals surface area contributed by atoms with E-state index in [1.807, 2.05) is 20.8 Å². The van der Waals surface area contributed by atoms with Crippen LogP contribution in [0.3, 0.4) is 0 Å². The highest BCUT2D eigenvalue weighted by Crippen LogP contribution is 2.68. The molecule has 0 radical (unpaired) electrons. The van der Waals surface area contributed by atoms with E-state index in [0.29, 0.717) is 23.2 Å². The Bertz CT molecular complexity index is 723. The van der Waals surface area contributed by atoms with Crippen molar-refractivity contribution in [3.05, 3.63) is 0 Å². The van der Waals surface area contributed by atoms with Crippen LogP contribution in [0.5, 0.6) is 0 Å². The molecule has 3 heteroatoms. The molecule has 0 aromatic rings. The Morgan fingerprint density at radius 3 is 2.36 bits per heavy atom. The SMILES string of the molecule is C[C@H](CCC(C=O)C(=O)OC(C)(C)C)C1CCC2C3CCC4CCCCC4(C)C3CCC21C. The van der Waals surface area contributed by atoms with Gasteiger partial charge in [0.05, 0.1) is 0 Å². The molecule has 4 fully saturated rings. The number of carbonyl (C=O) groups excluding carboxylic acids is 2. The second kappa shape index (κ2) is 9.30. The monoisotopic (exact) mass is 458 g/mol. The molecule has 4 aliphatic rings. The number of ether oxygens (including phenoxy) is 1. The van der Waals surface area contributed by atoms with Gasteiger partial charge < -0.3 is 9.53 Å². The zero-order chi connectivity index (χ0) is 24.0. The predicted octanol–water partition coefficient (Wildman–Crippen LogP) is 7.61. The summed E-state index contributed by atoms with van der Waals surface area (Å²) in [5.41, 5.74) is 0.514. The Morgan fingerprint density at radius 1 is 0.939 bits per heavy atom. The van der Waals surface area contributed by atoms with Gasteiger partial charge in [-0.15, -0.1) is 0 Å². The summed E-state index contributed by atoms with van der Waals surface area (Å²) in [7, 11) is 0. The van der Waals surface area contributed by atoms with E-state index < -0.39 is 11.5 Å². The maximum atomic E-state index is 12.5. The van der Waals surface area contributed by atoms with Crippen LogP contribution in [0.4, 0.5) is 0 Å². The Morgan fingerprint density at radius 2 is 1.67 bits per heavy atom. The van der Waals surface area contributed by atoms with Crippen molar-refractivity contribution in [2.45, 2.75) is 124 Å². The molecule has 0 bridgehead atoms. The summed E-state index contributed by atoms with van der Waals surface area (Å²) in [6.45, 7) is 13.3. The minimum absolute atomic E-state index is 0.349. The second-order valence-electron chi connectivity index (χ2n) is 14.0. The lowest BCUT2D eigenvalue weighted by Gasteiger charge is -2.61. The smallest absolute Gasteiger partial charge is 0.316 e. The zero-order valence-corrected chi connectivity index (χ0v) is 22.3. The standard InChI is InChI=1S/C30H50O3/c1-20(10-11-21(19-31)27(32)33-28(2,3)4)24-14-15-25-23-13-12-22-9-7-8-17-29(22,5)26(23)16-18-30(24,25)6/h19-26H,7-18H2,1-6H3/t20-,21?,22?,23?,24?,25?,26?,29?,30?/m1/s1. The van der Waals surface area contributed by atoms with Gasteiger partial charge in [0.15, 0.2) is 0 Å². The van der Waals surface area contributed by atoms with E-state index in [2.05, 4.69) is 20.8 Å². The topological polar surface area (TPSA) is 43.4 Å². The van der Waals surface area contributed by atoms with Gasteiger partial charge in [0, 0.05) is 0 Å². The molecule has 0 aromatic carbocycles. The van der Waals surface area contributed by atoms with Crippen LogP contribution in [0.25, 0.3) is 0 Å². The summed E-state index contributed by atoms with van der Waals surface area (Å²) in [5, 5.41) is 0. The van der Waals surface area contributed by atoms with Crippen LogP contribution in [0.15, 0.2) is 0 Å². The lowest BCUT2D eigenvalue weighted by molar-refractivity contribution is -0.160. The van der Waals surface area contributed by atoms with Gasteiger partial charge in [-0.05, 0) is 131 Å². The van der Waals surface area contributed by atoms with Gasteiger partial charge in [-0.1, -0.05) is 33.6 Å². The fourth-order valence-corrected chi connectivity index (χ4v) is 9.53. The van der Waals surface area contributed by atoms with E-state index in [4.69, 9.17) is 4.74 Å². The van der Waals surface area contributed by atoms with Crippen molar-refractivity contribution >= 4 is 12.3 Å². The third-order valence-electron chi connectivity index (χ3n) is 11.2. The molecule has 0 saturated heterocycles. The second-order valence-corrected chi connectivity index (χ2v) is 14.0. The summed E-state index contributed by atoms with van der Waals surface area (Å²) in [4.78, 5) is 24.1. The normalized spacial score (nSPS) is 42.4. The Kier molecular flexibility index (Phi) is 7.12. The molecule has 33 heavy (non-hydrogen) atoms. The Labute approximate surface area is 203 Å². The van der Waals surface area contributed by atoms with Crippen molar-refractivity contribution in [1.29, 1.82) is 0 Å². The minimum atomic E-state index is -0.617. The van der Waals surface area contributed by atoms with E-state index >= 15 is 0 Å².